The van der Waals surface area contributed by atoms with E-state index in [0.717, 1.165) is 29.1 Å². The molecule has 2 aliphatic rings. The van der Waals surface area contributed by atoms with E-state index in [2.05, 4.69) is 25.7 Å². The van der Waals surface area contributed by atoms with Crippen LogP contribution in [0.15, 0.2) is 16.7 Å². The van der Waals surface area contributed by atoms with E-state index in [9.17, 15) is 32.5 Å². The molecular weight excluding hydrogens is 572 g/mol. The molecule has 18 nitrogen and oxygen atoms in total. The summed E-state index contributed by atoms with van der Waals surface area (Å²) in [5, 5.41) is 25.3. The molecule has 0 radical (unpaired) electrons. The molecule has 218 valence electrons. The predicted molar refractivity (Wildman–Crippen MR) is 138 cm³/mol. The first-order valence-corrected chi connectivity index (χ1v) is 14.2. The van der Waals surface area contributed by atoms with Crippen molar-refractivity contribution in [1.82, 2.24) is 34.5 Å². The number of thiazole rings is 1. The summed E-state index contributed by atoms with van der Waals surface area (Å²) in [6, 6.07) is -2.73. The van der Waals surface area contributed by atoms with Crippen LogP contribution in [0.4, 0.5) is 5.13 Å². The molecule has 2 aromatic heterocycles. The number of carbonyl (C=O) groups is 3. The monoisotopic (exact) mass is 600 g/mol. The van der Waals surface area contributed by atoms with Crippen LogP contribution in [0.5, 0.6) is 0 Å². The Morgan fingerprint density at radius 1 is 1.40 bits per heavy atom. The van der Waals surface area contributed by atoms with Crippen molar-refractivity contribution in [2.45, 2.75) is 50.0 Å². The average Bonchev–Trinajstić information content (AvgIpc) is 3.36. The van der Waals surface area contributed by atoms with E-state index in [0.29, 0.717) is 18.8 Å². The number of aromatic nitrogens is 4. The number of carboxylic acids is 1. The van der Waals surface area contributed by atoms with E-state index >= 15 is 0 Å². The molecule has 4 rings (SSSR count). The number of oxime groups is 1. The highest BCUT2D eigenvalue weighted by Crippen LogP contribution is 2.40. The van der Waals surface area contributed by atoms with Gasteiger partial charge in [0.1, 0.15) is 17.8 Å². The van der Waals surface area contributed by atoms with Gasteiger partial charge in [0.25, 0.3) is 11.8 Å². The number of nitrogen functional groups attached to an aromatic ring is 1. The molecule has 0 aromatic carbocycles. The smallest absolute Gasteiger partial charge is 0.362 e. The number of hydrogen-bond acceptors (Lipinski definition) is 14. The normalized spacial score (nSPS) is 20.4. The van der Waals surface area contributed by atoms with Crippen molar-refractivity contribution in [2.24, 2.45) is 10.9 Å². The number of hydrogen-bond donors (Lipinski definition) is 5. The largest absolute Gasteiger partial charge is 0.478 e. The standard InChI is InChI=1S/C20H28N10O8S2/c1-28(6-2-5-21)8-11-7-23-29(26-11)9-13-15(17(32)30(13)40(35,36)37)25-16(31)14(12-10-39-19(22)24-12)27-38-20(3-4-20)18(33)34/h7,10,13,15H,2-6,8-9,21H2,1H3,(H2,22,24)(H,25,31)(H,33,34)(H,35,36,37). The van der Waals surface area contributed by atoms with E-state index in [1.807, 2.05) is 11.9 Å². The van der Waals surface area contributed by atoms with Gasteiger partial charge in [-0.2, -0.15) is 23.4 Å². The fourth-order valence-corrected chi connectivity index (χ4v) is 5.34. The molecule has 1 aliphatic heterocycles. The van der Waals surface area contributed by atoms with Crippen molar-refractivity contribution < 1.29 is 37.3 Å². The fourth-order valence-electron chi connectivity index (χ4n) is 3.92. The van der Waals surface area contributed by atoms with Crippen LogP contribution in [0.3, 0.4) is 0 Å². The van der Waals surface area contributed by atoms with Crippen LogP contribution in [0, 0.1) is 0 Å². The highest BCUT2D eigenvalue weighted by Gasteiger charge is 2.56. The number of nitrogens with zero attached hydrogens (tertiary/aromatic N) is 7. The average molecular weight is 601 g/mol. The zero-order valence-electron chi connectivity index (χ0n) is 21.2. The minimum absolute atomic E-state index is 0.0479. The lowest BCUT2D eigenvalue weighted by Gasteiger charge is -2.43. The van der Waals surface area contributed by atoms with Gasteiger partial charge in [-0.15, -0.1) is 11.3 Å². The molecule has 2 aromatic rings. The molecule has 40 heavy (non-hydrogen) atoms. The quantitative estimate of drug-likeness (QED) is 0.0657. The minimum atomic E-state index is -4.98. The van der Waals surface area contributed by atoms with Crippen LogP contribution in [0.1, 0.15) is 30.7 Å². The summed E-state index contributed by atoms with van der Waals surface area (Å²) >= 11 is 0.978. The molecule has 2 unspecified atom stereocenters. The first-order valence-electron chi connectivity index (χ1n) is 11.9. The van der Waals surface area contributed by atoms with Crippen LogP contribution in [-0.4, -0.2) is 109 Å². The van der Waals surface area contributed by atoms with Gasteiger partial charge in [-0.1, -0.05) is 5.16 Å². The van der Waals surface area contributed by atoms with E-state index in [4.69, 9.17) is 16.3 Å². The third-order valence-electron chi connectivity index (χ3n) is 6.20. The third-order valence-corrected chi connectivity index (χ3v) is 7.82. The van der Waals surface area contributed by atoms with Gasteiger partial charge in [-0.25, -0.2) is 14.1 Å². The van der Waals surface area contributed by atoms with Crippen molar-refractivity contribution in [3.63, 3.8) is 0 Å². The number of carbonyl (C=O) groups excluding carboxylic acids is 2. The van der Waals surface area contributed by atoms with Crippen molar-refractivity contribution in [1.29, 1.82) is 0 Å². The lowest BCUT2D eigenvalue weighted by Crippen LogP contribution is -2.73. The molecular formula is C20H28N10O8S2. The maximum Gasteiger partial charge on any atom is 0.362 e. The summed E-state index contributed by atoms with van der Waals surface area (Å²) in [5.74, 6) is -3.39. The Hall–Kier alpha value is -3.72. The number of amides is 2. The second-order valence-corrected chi connectivity index (χ2v) is 11.5. The molecule has 1 saturated carbocycles. The molecule has 0 bridgehead atoms. The van der Waals surface area contributed by atoms with Crippen LogP contribution in [0.2, 0.25) is 0 Å². The predicted octanol–water partition coefficient (Wildman–Crippen LogP) is -2.37. The van der Waals surface area contributed by atoms with Crippen molar-refractivity contribution in [3.05, 3.63) is 23.0 Å². The second kappa shape index (κ2) is 11.4. The van der Waals surface area contributed by atoms with E-state index in [-0.39, 0.29) is 34.5 Å². The number of nitrogens with one attached hydrogen (secondary N) is 1. The molecule has 2 fully saturated rings. The molecule has 1 saturated heterocycles. The first kappa shape index (κ1) is 29.3. The van der Waals surface area contributed by atoms with Gasteiger partial charge in [0.05, 0.1) is 18.4 Å². The van der Waals surface area contributed by atoms with Crippen LogP contribution < -0.4 is 16.8 Å². The zero-order valence-corrected chi connectivity index (χ0v) is 22.8. The lowest BCUT2D eigenvalue weighted by molar-refractivity contribution is -0.153. The van der Waals surface area contributed by atoms with Crippen LogP contribution in [-0.2, 0) is 42.6 Å². The van der Waals surface area contributed by atoms with Gasteiger partial charge < -0.3 is 31.6 Å². The Balaban J connectivity index is 1.52. The fraction of sp³-hybridized carbons (Fsp3) is 0.550. The van der Waals surface area contributed by atoms with Gasteiger partial charge in [0.15, 0.2) is 10.8 Å². The summed E-state index contributed by atoms with van der Waals surface area (Å²) in [6.45, 7) is 1.38. The molecule has 2 amide bonds. The number of β-lactam (4-membered cyclic amide) rings is 1. The van der Waals surface area contributed by atoms with Gasteiger partial charge in [-0.05, 0) is 26.6 Å². The maximum absolute atomic E-state index is 13.2. The maximum atomic E-state index is 13.2. The molecule has 3 heterocycles. The van der Waals surface area contributed by atoms with Crippen molar-refractivity contribution in [3.8, 4) is 0 Å². The molecule has 1 aliphatic carbocycles. The summed E-state index contributed by atoms with van der Waals surface area (Å²) < 4.78 is 33.6. The first-order chi connectivity index (χ1) is 18.8. The highest BCUT2D eigenvalue weighted by molar-refractivity contribution is 7.84. The van der Waals surface area contributed by atoms with Gasteiger partial charge in [-0.3, -0.25) is 14.1 Å². The Morgan fingerprint density at radius 2 is 2.12 bits per heavy atom. The van der Waals surface area contributed by atoms with Crippen molar-refractivity contribution >= 4 is 50.3 Å². The number of aliphatic carboxylic acids is 1. The van der Waals surface area contributed by atoms with Crippen LogP contribution in [0.25, 0.3) is 0 Å². The number of nitrogens with two attached hydrogens (primary N) is 2. The van der Waals surface area contributed by atoms with Gasteiger partial charge in [0.2, 0.25) is 5.60 Å². The summed E-state index contributed by atoms with van der Waals surface area (Å²) in [6.07, 6.45) is 2.60. The summed E-state index contributed by atoms with van der Waals surface area (Å²) in [4.78, 5) is 49.6. The Labute approximate surface area is 231 Å². The zero-order chi connectivity index (χ0) is 29.2. The Morgan fingerprint density at radius 3 is 2.70 bits per heavy atom. The molecule has 7 N–H and O–H groups in total. The Bertz CT molecular complexity index is 1420. The van der Waals surface area contributed by atoms with Crippen molar-refractivity contribution in [2.75, 3.05) is 25.9 Å². The topological polar surface area (TPSA) is 262 Å². The SMILES string of the molecule is CN(CCCN)Cc1cnn(CC2C(NC(=O)C(=NOC3(C(=O)O)CC3)c3csc(N)n3)C(=O)N2S(=O)(=O)O)n1. The van der Waals surface area contributed by atoms with E-state index in [1.165, 1.54) is 11.6 Å². The summed E-state index contributed by atoms with van der Waals surface area (Å²) in [7, 11) is -3.11. The van der Waals surface area contributed by atoms with Gasteiger partial charge in [0, 0.05) is 24.8 Å². The summed E-state index contributed by atoms with van der Waals surface area (Å²) in [5.41, 5.74) is 9.64. The second-order valence-electron chi connectivity index (χ2n) is 9.30. The highest BCUT2D eigenvalue weighted by atomic mass is 32.2. The lowest BCUT2D eigenvalue weighted by atomic mass is 9.98. The molecule has 0 spiro atoms. The number of rotatable bonds is 14. The van der Waals surface area contributed by atoms with E-state index in [1.54, 1.807) is 0 Å². The van der Waals surface area contributed by atoms with E-state index < -0.39 is 51.5 Å². The molecule has 20 heteroatoms. The third kappa shape index (κ3) is 6.36. The van der Waals surface area contributed by atoms with Crippen LogP contribution >= 0.6 is 11.3 Å². The number of carboxylic acid groups (broad SMARTS) is 1. The Kier molecular flexibility index (Phi) is 8.35. The van der Waals surface area contributed by atoms with Gasteiger partial charge >= 0.3 is 16.3 Å². The number of anilines is 1. The minimum Gasteiger partial charge on any atom is -0.478 e. The molecule has 2 atom stereocenters.